The number of hydrogen-bond acceptors (Lipinski definition) is 1. The minimum Gasteiger partial charge on any atom is -0.472 e. The number of furan rings is 1. The van der Waals surface area contributed by atoms with Crippen LogP contribution >= 0.6 is 0 Å². The number of rotatable bonds is 1. The lowest BCUT2D eigenvalue weighted by molar-refractivity contribution is 0.568. The molecule has 2 heterocycles. The summed E-state index contributed by atoms with van der Waals surface area (Å²) in [6, 6.07) is 10.4. The first-order valence-corrected chi connectivity index (χ1v) is 4.93. The van der Waals surface area contributed by atoms with Gasteiger partial charge in [-0.1, -0.05) is 18.2 Å². The van der Waals surface area contributed by atoms with E-state index in [2.05, 4.69) is 42.1 Å². The summed E-state index contributed by atoms with van der Waals surface area (Å²) in [5.41, 5.74) is 3.60. The Kier molecular flexibility index (Phi) is 1.68. The van der Waals surface area contributed by atoms with Gasteiger partial charge < -0.3 is 8.98 Å². The third kappa shape index (κ3) is 1.18. The van der Waals surface area contributed by atoms with Crippen molar-refractivity contribution in [1.29, 1.82) is 0 Å². The molecule has 0 saturated carbocycles. The van der Waals surface area contributed by atoms with Crippen molar-refractivity contribution in [2.45, 2.75) is 0 Å². The van der Waals surface area contributed by atoms with E-state index >= 15 is 0 Å². The fourth-order valence-electron chi connectivity index (χ4n) is 1.99. The van der Waals surface area contributed by atoms with E-state index in [4.69, 9.17) is 4.42 Å². The van der Waals surface area contributed by atoms with Gasteiger partial charge in [0.25, 0.3) is 0 Å². The summed E-state index contributed by atoms with van der Waals surface area (Å²) in [6.45, 7) is 0. The molecule has 0 aliphatic carbocycles. The van der Waals surface area contributed by atoms with Crippen molar-refractivity contribution in [3.8, 4) is 11.1 Å². The van der Waals surface area contributed by atoms with E-state index < -0.39 is 0 Å². The summed E-state index contributed by atoms with van der Waals surface area (Å²) >= 11 is 0. The van der Waals surface area contributed by atoms with Gasteiger partial charge in [-0.05, 0) is 12.1 Å². The minimum absolute atomic E-state index is 1.13. The van der Waals surface area contributed by atoms with E-state index in [9.17, 15) is 0 Å². The lowest BCUT2D eigenvalue weighted by atomic mass is 10.1. The number of benzene rings is 1. The Bertz CT molecular complexity index is 590. The summed E-state index contributed by atoms with van der Waals surface area (Å²) in [5.74, 6) is 0. The SMILES string of the molecule is Cn1cc(-c2ccoc2)c2ccccc21. The quantitative estimate of drug-likeness (QED) is 0.584. The van der Waals surface area contributed by atoms with Crippen LogP contribution in [-0.2, 0) is 7.05 Å². The Labute approximate surface area is 87.7 Å². The van der Waals surface area contributed by atoms with Crippen LogP contribution in [0.25, 0.3) is 22.0 Å². The second-order valence-electron chi connectivity index (χ2n) is 3.68. The van der Waals surface area contributed by atoms with Crippen molar-refractivity contribution >= 4 is 10.9 Å². The molecule has 0 unspecified atom stereocenters. The highest BCUT2D eigenvalue weighted by atomic mass is 16.3. The molecule has 3 aromatic rings. The molecule has 0 saturated heterocycles. The van der Waals surface area contributed by atoms with Gasteiger partial charge in [0.1, 0.15) is 0 Å². The van der Waals surface area contributed by atoms with Gasteiger partial charge in [0.2, 0.25) is 0 Å². The molecule has 3 rings (SSSR count). The molecular weight excluding hydrogens is 186 g/mol. The highest BCUT2D eigenvalue weighted by molar-refractivity contribution is 5.95. The average molecular weight is 197 g/mol. The van der Waals surface area contributed by atoms with E-state index in [1.807, 2.05) is 6.07 Å². The van der Waals surface area contributed by atoms with Crippen LogP contribution in [0.2, 0.25) is 0 Å². The van der Waals surface area contributed by atoms with Crippen molar-refractivity contribution in [2.75, 3.05) is 0 Å². The Morgan fingerprint density at radius 3 is 2.80 bits per heavy atom. The summed E-state index contributed by atoms with van der Waals surface area (Å²) in [6.07, 6.45) is 5.62. The van der Waals surface area contributed by atoms with Gasteiger partial charge in [-0.2, -0.15) is 0 Å². The first kappa shape index (κ1) is 8.36. The van der Waals surface area contributed by atoms with Gasteiger partial charge in [-0.3, -0.25) is 0 Å². The number of para-hydroxylation sites is 1. The van der Waals surface area contributed by atoms with E-state index in [0.29, 0.717) is 0 Å². The maximum absolute atomic E-state index is 5.12. The molecule has 2 heteroatoms. The van der Waals surface area contributed by atoms with Crippen molar-refractivity contribution in [2.24, 2.45) is 7.05 Å². The van der Waals surface area contributed by atoms with Gasteiger partial charge in [-0.25, -0.2) is 0 Å². The molecule has 2 aromatic heterocycles. The second-order valence-corrected chi connectivity index (χ2v) is 3.68. The first-order valence-electron chi connectivity index (χ1n) is 4.93. The first-order chi connectivity index (χ1) is 7.36. The van der Waals surface area contributed by atoms with Crippen molar-refractivity contribution in [1.82, 2.24) is 4.57 Å². The molecule has 15 heavy (non-hydrogen) atoms. The highest BCUT2D eigenvalue weighted by Gasteiger charge is 2.08. The van der Waals surface area contributed by atoms with Gasteiger partial charge in [0.05, 0.1) is 12.5 Å². The fraction of sp³-hybridized carbons (Fsp3) is 0.0769. The molecule has 0 aliphatic rings. The summed E-state index contributed by atoms with van der Waals surface area (Å²) < 4.78 is 7.25. The number of nitrogens with zero attached hydrogens (tertiary/aromatic N) is 1. The van der Waals surface area contributed by atoms with Crippen LogP contribution in [0.3, 0.4) is 0 Å². The number of aryl methyl sites for hydroxylation is 1. The van der Waals surface area contributed by atoms with Crippen LogP contribution in [0.5, 0.6) is 0 Å². The van der Waals surface area contributed by atoms with Crippen LogP contribution < -0.4 is 0 Å². The molecule has 2 nitrogen and oxygen atoms in total. The second kappa shape index (κ2) is 3.02. The molecule has 0 amide bonds. The van der Waals surface area contributed by atoms with Gasteiger partial charge in [-0.15, -0.1) is 0 Å². The molecule has 0 atom stereocenters. The highest BCUT2D eigenvalue weighted by Crippen LogP contribution is 2.29. The van der Waals surface area contributed by atoms with Gasteiger partial charge in [0, 0.05) is 35.3 Å². The fourth-order valence-corrected chi connectivity index (χ4v) is 1.99. The van der Waals surface area contributed by atoms with Gasteiger partial charge >= 0.3 is 0 Å². The maximum Gasteiger partial charge on any atom is 0.0981 e. The number of fused-ring (bicyclic) bond motifs is 1. The van der Waals surface area contributed by atoms with Crippen molar-refractivity contribution in [3.63, 3.8) is 0 Å². The van der Waals surface area contributed by atoms with Crippen LogP contribution in [0.1, 0.15) is 0 Å². The summed E-state index contributed by atoms with van der Waals surface area (Å²) in [4.78, 5) is 0. The molecule has 0 spiro atoms. The topological polar surface area (TPSA) is 18.1 Å². The predicted molar refractivity (Wildman–Crippen MR) is 60.6 cm³/mol. The van der Waals surface area contributed by atoms with E-state index in [-0.39, 0.29) is 0 Å². The molecule has 0 N–H and O–H groups in total. The normalized spacial score (nSPS) is 11.0. The average Bonchev–Trinajstić information content (AvgIpc) is 2.87. The summed E-state index contributed by atoms with van der Waals surface area (Å²) in [7, 11) is 2.06. The largest absolute Gasteiger partial charge is 0.472 e. The zero-order valence-corrected chi connectivity index (χ0v) is 8.47. The van der Waals surface area contributed by atoms with Crippen LogP contribution in [0, 0.1) is 0 Å². The molecule has 0 fully saturated rings. The Morgan fingerprint density at radius 1 is 1.13 bits per heavy atom. The molecule has 0 bridgehead atoms. The lowest BCUT2D eigenvalue weighted by Crippen LogP contribution is -1.81. The van der Waals surface area contributed by atoms with E-state index in [1.165, 1.54) is 16.5 Å². The smallest absolute Gasteiger partial charge is 0.0981 e. The van der Waals surface area contributed by atoms with E-state index in [1.54, 1.807) is 12.5 Å². The zero-order valence-electron chi connectivity index (χ0n) is 8.47. The standard InChI is InChI=1S/C13H11NO/c1-14-8-12(10-6-7-15-9-10)11-4-2-3-5-13(11)14/h2-9H,1H3. The maximum atomic E-state index is 5.12. The summed E-state index contributed by atoms with van der Waals surface area (Å²) in [5, 5.41) is 1.27. The molecule has 0 radical (unpaired) electrons. The number of aromatic nitrogens is 1. The molecule has 0 aliphatic heterocycles. The van der Waals surface area contributed by atoms with Crippen LogP contribution in [-0.4, -0.2) is 4.57 Å². The predicted octanol–water partition coefficient (Wildman–Crippen LogP) is 3.44. The Morgan fingerprint density at radius 2 is 2.00 bits per heavy atom. The van der Waals surface area contributed by atoms with Crippen LogP contribution in [0.15, 0.2) is 53.5 Å². The Hall–Kier alpha value is -1.96. The molecule has 74 valence electrons. The van der Waals surface area contributed by atoms with Gasteiger partial charge in [0.15, 0.2) is 0 Å². The Balaban J connectivity index is 2.37. The minimum atomic E-state index is 1.13. The van der Waals surface area contributed by atoms with Crippen molar-refractivity contribution < 1.29 is 4.42 Å². The third-order valence-electron chi connectivity index (χ3n) is 2.73. The lowest BCUT2D eigenvalue weighted by Gasteiger charge is -1.93. The van der Waals surface area contributed by atoms with Crippen LogP contribution in [0.4, 0.5) is 0 Å². The molecular formula is C13H11NO. The zero-order chi connectivity index (χ0) is 10.3. The van der Waals surface area contributed by atoms with Crippen molar-refractivity contribution in [3.05, 3.63) is 49.1 Å². The third-order valence-corrected chi connectivity index (χ3v) is 2.73. The number of hydrogen-bond donors (Lipinski definition) is 0. The monoisotopic (exact) mass is 197 g/mol. The molecule has 1 aromatic carbocycles. The van der Waals surface area contributed by atoms with E-state index in [0.717, 1.165) is 5.56 Å².